The number of likely N-dealkylation sites (tertiary alicyclic amines) is 1. The Bertz CT molecular complexity index is 177. The van der Waals surface area contributed by atoms with Gasteiger partial charge >= 0.3 is 0 Å². The van der Waals surface area contributed by atoms with Gasteiger partial charge in [-0.25, -0.2) is 0 Å². The van der Waals surface area contributed by atoms with Gasteiger partial charge in [0.05, 0.1) is 0 Å². The third-order valence-electron chi connectivity index (χ3n) is 3.03. The van der Waals surface area contributed by atoms with Crippen molar-refractivity contribution in [3.8, 4) is 0 Å². The molecule has 12 heavy (non-hydrogen) atoms. The normalized spacial score (nSPS) is 32.9. The maximum absolute atomic E-state index is 11.3. The van der Waals surface area contributed by atoms with Crippen LogP contribution in [0.2, 0.25) is 0 Å². The number of carbonyl (C=O) groups is 1. The van der Waals surface area contributed by atoms with Gasteiger partial charge in [0.1, 0.15) is 5.78 Å². The largest absolute Gasteiger partial charge is 0.299 e. The molecule has 0 amide bonds. The van der Waals surface area contributed by atoms with Gasteiger partial charge in [0.2, 0.25) is 0 Å². The van der Waals surface area contributed by atoms with Crippen molar-refractivity contribution in [2.24, 2.45) is 5.92 Å². The topological polar surface area (TPSA) is 20.3 Å². The summed E-state index contributed by atoms with van der Waals surface area (Å²) in [6.07, 6.45) is 0.740. The first-order valence-corrected chi connectivity index (χ1v) is 4.82. The van der Waals surface area contributed by atoms with E-state index in [9.17, 15) is 4.79 Å². The average molecular weight is 169 g/mol. The minimum absolute atomic E-state index is 0.223. The molecule has 0 unspecified atom stereocenters. The molecule has 1 aliphatic rings. The lowest BCUT2D eigenvalue weighted by atomic mass is 9.90. The predicted octanol–water partition coefficient (Wildman–Crippen LogP) is 1.69. The fourth-order valence-electron chi connectivity index (χ4n) is 1.96. The zero-order valence-electron chi connectivity index (χ0n) is 8.50. The Morgan fingerprint density at radius 1 is 1.42 bits per heavy atom. The predicted molar refractivity (Wildman–Crippen MR) is 50.1 cm³/mol. The van der Waals surface area contributed by atoms with Gasteiger partial charge < -0.3 is 0 Å². The van der Waals surface area contributed by atoms with Crippen LogP contribution in [-0.4, -0.2) is 29.3 Å². The van der Waals surface area contributed by atoms with Crippen LogP contribution in [0.1, 0.15) is 34.1 Å². The van der Waals surface area contributed by atoms with Crippen LogP contribution in [0.15, 0.2) is 0 Å². The first kappa shape index (κ1) is 9.72. The summed E-state index contributed by atoms with van der Waals surface area (Å²) in [5.41, 5.74) is 0. The molecule has 1 saturated heterocycles. The van der Waals surface area contributed by atoms with Crippen LogP contribution in [0.4, 0.5) is 0 Å². The van der Waals surface area contributed by atoms with E-state index >= 15 is 0 Å². The second-order valence-corrected chi connectivity index (χ2v) is 4.08. The summed E-state index contributed by atoms with van der Waals surface area (Å²) >= 11 is 0. The van der Waals surface area contributed by atoms with Gasteiger partial charge in [-0.05, 0) is 20.8 Å². The van der Waals surface area contributed by atoms with Crippen molar-refractivity contribution in [3.05, 3.63) is 0 Å². The first-order chi connectivity index (χ1) is 5.54. The van der Waals surface area contributed by atoms with E-state index < -0.39 is 0 Å². The lowest BCUT2D eigenvalue weighted by molar-refractivity contribution is -0.128. The van der Waals surface area contributed by atoms with Gasteiger partial charge in [-0.3, -0.25) is 9.69 Å². The molecule has 0 N–H and O–H groups in total. The molecular weight excluding hydrogens is 150 g/mol. The van der Waals surface area contributed by atoms with Crippen molar-refractivity contribution >= 4 is 5.78 Å². The molecule has 1 rings (SSSR count). The summed E-state index contributed by atoms with van der Waals surface area (Å²) in [6, 6.07) is 0.988. The van der Waals surface area contributed by atoms with E-state index in [0.717, 1.165) is 13.0 Å². The second-order valence-electron chi connectivity index (χ2n) is 4.08. The zero-order valence-corrected chi connectivity index (χ0v) is 8.50. The Kier molecular flexibility index (Phi) is 2.89. The highest BCUT2D eigenvalue weighted by molar-refractivity contribution is 5.82. The number of Topliss-reactive ketones (excluding diaryl/α,β-unsaturated/α-hetero) is 1. The monoisotopic (exact) mass is 169 g/mol. The standard InChI is InChI=1S/C10H19NO/c1-7(2)11-6-5-10(12)8(3)9(11)4/h7-9H,5-6H2,1-4H3/t8-,9+/m1/s1. The highest BCUT2D eigenvalue weighted by atomic mass is 16.1. The van der Waals surface area contributed by atoms with Crippen LogP contribution in [-0.2, 0) is 4.79 Å². The summed E-state index contributed by atoms with van der Waals surface area (Å²) in [7, 11) is 0. The second kappa shape index (κ2) is 3.56. The molecule has 0 aromatic heterocycles. The summed E-state index contributed by atoms with van der Waals surface area (Å²) in [5.74, 6) is 0.653. The number of hydrogen-bond acceptors (Lipinski definition) is 2. The maximum Gasteiger partial charge on any atom is 0.138 e. The van der Waals surface area contributed by atoms with Crippen molar-refractivity contribution in [1.82, 2.24) is 4.90 Å². The van der Waals surface area contributed by atoms with Gasteiger partial charge in [-0.1, -0.05) is 6.92 Å². The number of rotatable bonds is 1. The highest BCUT2D eigenvalue weighted by Gasteiger charge is 2.31. The van der Waals surface area contributed by atoms with E-state index in [1.807, 2.05) is 6.92 Å². The molecule has 2 heteroatoms. The fourth-order valence-corrected chi connectivity index (χ4v) is 1.96. The Morgan fingerprint density at radius 2 is 2.00 bits per heavy atom. The van der Waals surface area contributed by atoms with Crippen LogP contribution < -0.4 is 0 Å². The third-order valence-corrected chi connectivity index (χ3v) is 3.03. The van der Waals surface area contributed by atoms with E-state index in [0.29, 0.717) is 17.9 Å². The van der Waals surface area contributed by atoms with Crippen LogP contribution in [0.3, 0.4) is 0 Å². The SMILES string of the molecule is CC(C)N1CCC(=O)[C@H](C)[C@@H]1C. The minimum atomic E-state index is 0.223. The van der Waals surface area contributed by atoms with Crippen molar-refractivity contribution in [2.75, 3.05) is 6.54 Å². The van der Waals surface area contributed by atoms with Crippen molar-refractivity contribution in [3.63, 3.8) is 0 Å². The molecule has 1 fully saturated rings. The molecule has 1 aliphatic heterocycles. The molecule has 0 aromatic carbocycles. The molecule has 2 nitrogen and oxygen atoms in total. The quantitative estimate of drug-likeness (QED) is 0.595. The van der Waals surface area contributed by atoms with Crippen molar-refractivity contribution in [1.29, 1.82) is 0 Å². The summed E-state index contributed by atoms with van der Waals surface area (Å²) in [4.78, 5) is 13.8. The summed E-state index contributed by atoms with van der Waals surface area (Å²) in [6.45, 7) is 9.53. The van der Waals surface area contributed by atoms with E-state index in [-0.39, 0.29) is 5.92 Å². The molecule has 2 atom stereocenters. The molecule has 0 aliphatic carbocycles. The minimum Gasteiger partial charge on any atom is -0.299 e. The van der Waals surface area contributed by atoms with E-state index in [2.05, 4.69) is 25.7 Å². The summed E-state index contributed by atoms with van der Waals surface area (Å²) in [5, 5.41) is 0. The lowest BCUT2D eigenvalue weighted by Crippen LogP contribution is -2.49. The Labute approximate surface area is 74.9 Å². The van der Waals surface area contributed by atoms with Crippen molar-refractivity contribution < 1.29 is 4.79 Å². The average Bonchev–Trinajstić information content (AvgIpc) is 2.00. The molecule has 1 heterocycles. The molecule has 70 valence electrons. The van der Waals surface area contributed by atoms with Crippen molar-refractivity contribution in [2.45, 2.75) is 46.2 Å². The lowest BCUT2D eigenvalue weighted by Gasteiger charge is -2.39. The van der Waals surface area contributed by atoms with Gasteiger partial charge in [0.25, 0.3) is 0 Å². The van der Waals surface area contributed by atoms with Gasteiger partial charge in [-0.15, -0.1) is 0 Å². The zero-order chi connectivity index (χ0) is 9.30. The van der Waals surface area contributed by atoms with Crippen LogP contribution in [0.5, 0.6) is 0 Å². The van der Waals surface area contributed by atoms with Gasteiger partial charge in [-0.2, -0.15) is 0 Å². The van der Waals surface area contributed by atoms with Crippen LogP contribution in [0.25, 0.3) is 0 Å². The number of hydrogen-bond donors (Lipinski definition) is 0. The highest BCUT2D eigenvalue weighted by Crippen LogP contribution is 2.21. The number of nitrogens with zero attached hydrogens (tertiary/aromatic N) is 1. The first-order valence-electron chi connectivity index (χ1n) is 4.82. The molecule has 0 aromatic rings. The Morgan fingerprint density at radius 3 is 2.50 bits per heavy atom. The van der Waals surface area contributed by atoms with Crippen LogP contribution >= 0.6 is 0 Å². The van der Waals surface area contributed by atoms with E-state index in [4.69, 9.17) is 0 Å². The van der Waals surface area contributed by atoms with Gasteiger partial charge in [0.15, 0.2) is 0 Å². The number of ketones is 1. The smallest absolute Gasteiger partial charge is 0.138 e. The number of piperidine rings is 1. The Balaban J connectivity index is 2.65. The molecular formula is C10H19NO. The molecule has 0 radical (unpaired) electrons. The summed E-state index contributed by atoms with van der Waals surface area (Å²) < 4.78 is 0. The third kappa shape index (κ3) is 1.69. The van der Waals surface area contributed by atoms with Crippen LogP contribution in [0, 0.1) is 5.92 Å². The number of carbonyl (C=O) groups excluding carboxylic acids is 1. The van der Waals surface area contributed by atoms with Gasteiger partial charge in [0, 0.05) is 31.0 Å². The molecule has 0 saturated carbocycles. The maximum atomic E-state index is 11.3. The molecule has 0 bridgehead atoms. The van der Waals surface area contributed by atoms with E-state index in [1.54, 1.807) is 0 Å². The molecule has 0 spiro atoms. The van der Waals surface area contributed by atoms with E-state index in [1.165, 1.54) is 0 Å². The fraction of sp³-hybridized carbons (Fsp3) is 0.900. The Hall–Kier alpha value is -0.370.